The summed E-state index contributed by atoms with van der Waals surface area (Å²) in [5.74, 6) is 0.444. The van der Waals surface area contributed by atoms with Gasteiger partial charge in [0.15, 0.2) is 0 Å². The maximum absolute atomic E-state index is 14.0. The van der Waals surface area contributed by atoms with Crippen molar-refractivity contribution in [3.05, 3.63) is 29.1 Å². The highest BCUT2D eigenvalue weighted by molar-refractivity contribution is 5.41. The molecule has 0 bridgehead atoms. The first kappa shape index (κ1) is 15.0. The Labute approximate surface area is 109 Å². The van der Waals surface area contributed by atoms with Gasteiger partial charge in [0.25, 0.3) is 0 Å². The Balaban J connectivity index is 3.06. The molecule has 0 aliphatic carbocycles. The third-order valence-corrected chi connectivity index (χ3v) is 3.08. The molecule has 0 saturated carbocycles. The van der Waals surface area contributed by atoms with E-state index < -0.39 is 0 Å². The lowest BCUT2D eigenvalue weighted by Gasteiger charge is -2.22. The largest absolute Gasteiger partial charge is 0.496 e. The number of hydrogen-bond donors (Lipinski definition) is 1. The normalized spacial score (nSPS) is 11.7. The summed E-state index contributed by atoms with van der Waals surface area (Å²) in [6.07, 6.45) is 2.86. The summed E-state index contributed by atoms with van der Waals surface area (Å²) in [6, 6.07) is 3.43. The first-order chi connectivity index (χ1) is 8.40. The number of benzene rings is 1. The van der Waals surface area contributed by atoms with Gasteiger partial charge in [0.05, 0.1) is 7.11 Å². The average molecular weight is 253 g/mol. The summed E-state index contributed by atoms with van der Waals surface area (Å²) < 4.78 is 19.3. The maximum Gasteiger partial charge on any atom is 0.130 e. The second-order valence-electron chi connectivity index (χ2n) is 5.64. The van der Waals surface area contributed by atoms with Gasteiger partial charge < -0.3 is 10.5 Å². The van der Waals surface area contributed by atoms with Gasteiger partial charge in [-0.2, -0.15) is 0 Å². The first-order valence-corrected chi connectivity index (χ1v) is 6.47. The molecule has 0 fully saturated rings. The van der Waals surface area contributed by atoms with E-state index in [1.807, 2.05) is 26.8 Å². The molecule has 0 aliphatic heterocycles. The number of unbranched alkanes of at least 4 members (excludes halogenated alkanes) is 1. The van der Waals surface area contributed by atoms with Crippen molar-refractivity contribution in [2.45, 2.75) is 45.4 Å². The molecule has 0 radical (unpaired) electrons. The van der Waals surface area contributed by atoms with E-state index in [2.05, 4.69) is 0 Å². The molecule has 1 rings (SSSR count). The van der Waals surface area contributed by atoms with Crippen LogP contribution in [0.4, 0.5) is 4.39 Å². The molecule has 0 aliphatic rings. The van der Waals surface area contributed by atoms with Gasteiger partial charge in [-0.3, -0.25) is 0 Å². The molecular weight excluding hydrogens is 229 g/mol. The monoisotopic (exact) mass is 253 g/mol. The number of rotatable bonds is 5. The van der Waals surface area contributed by atoms with Crippen molar-refractivity contribution in [3.8, 4) is 5.75 Å². The molecule has 0 amide bonds. The number of halogens is 1. The van der Waals surface area contributed by atoms with Crippen LogP contribution in [0.3, 0.4) is 0 Å². The molecule has 18 heavy (non-hydrogen) atoms. The van der Waals surface area contributed by atoms with Crippen molar-refractivity contribution < 1.29 is 9.13 Å². The molecule has 102 valence electrons. The second-order valence-corrected chi connectivity index (χ2v) is 5.64. The molecule has 0 heterocycles. The zero-order valence-electron chi connectivity index (χ0n) is 11.8. The quantitative estimate of drug-likeness (QED) is 0.816. The summed E-state index contributed by atoms with van der Waals surface area (Å²) >= 11 is 0. The molecule has 2 nitrogen and oxygen atoms in total. The molecular formula is C15H24FNO. The topological polar surface area (TPSA) is 35.2 Å². The van der Waals surface area contributed by atoms with E-state index in [9.17, 15) is 4.39 Å². The van der Waals surface area contributed by atoms with Gasteiger partial charge in [-0.05, 0) is 48.4 Å². The molecule has 0 unspecified atom stereocenters. The Kier molecular flexibility index (Phi) is 5.15. The van der Waals surface area contributed by atoms with Gasteiger partial charge in [-0.25, -0.2) is 4.39 Å². The fourth-order valence-corrected chi connectivity index (χ4v) is 2.02. The van der Waals surface area contributed by atoms with Gasteiger partial charge in [0.2, 0.25) is 0 Å². The van der Waals surface area contributed by atoms with E-state index in [0.29, 0.717) is 12.3 Å². The number of ether oxygens (including phenoxy) is 1. The van der Waals surface area contributed by atoms with Crippen molar-refractivity contribution in [2.75, 3.05) is 13.7 Å². The van der Waals surface area contributed by atoms with Gasteiger partial charge in [-0.1, -0.05) is 20.8 Å². The minimum atomic E-state index is -0.195. The Morgan fingerprint density at radius 3 is 2.39 bits per heavy atom. The van der Waals surface area contributed by atoms with Crippen LogP contribution in [0.1, 0.15) is 44.7 Å². The SMILES string of the molecule is COc1cc(F)c(C(C)(C)C)cc1CCCCN. The van der Waals surface area contributed by atoms with Gasteiger partial charge >= 0.3 is 0 Å². The Morgan fingerprint density at radius 1 is 1.22 bits per heavy atom. The van der Waals surface area contributed by atoms with Gasteiger partial charge in [-0.15, -0.1) is 0 Å². The molecule has 0 atom stereocenters. The summed E-state index contributed by atoms with van der Waals surface area (Å²) in [4.78, 5) is 0. The predicted octanol–water partition coefficient (Wildman–Crippen LogP) is 3.41. The zero-order valence-corrected chi connectivity index (χ0v) is 11.8. The lowest BCUT2D eigenvalue weighted by atomic mass is 9.85. The second kappa shape index (κ2) is 6.19. The summed E-state index contributed by atoms with van der Waals surface area (Å²) in [7, 11) is 1.58. The molecule has 1 aromatic rings. The van der Waals surface area contributed by atoms with Crippen molar-refractivity contribution in [1.29, 1.82) is 0 Å². The smallest absolute Gasteiger partial charge is 0.130 e. The maximum atomic E-state index is 14.0. The lowest BCUT2D eigenvalue weighted by molar-refractivity contribution is 0.402. The van der Waals surface area contributed by atoms with Crippen LogP contribution in [-0.2, 0) is 11.8 Å². The van der Waals surface area contributed by atoms with Crippen LogP contribution in [-0.4, -0.2) is 13.7 Å². The standard InChI is InChI=1S/C15H24FNO/c1-15(2,3)12-9-11(7-5-6-8-17)14(18-4)10-13(12)16/h9-10H,5-8,17H2,1-4H3. The van der Waals surface area contributed by atoms with Crippen LogP contribution >= 0.6 is 0 Å². The predicted molar refractivity (Wildman–Crippen MR) is 73.6 cm³/mol. The van der Waals surface area contributed by atoms with E-state index >= 15 is 0 Å². The van der Waals surface area contributed by atoms with Crippen LogP contribution in [0, 0.1) is 5.82 Å². The van der Waals surface area contributed by atoms with E-state index in [4.69, 9.17) is 10.5 Å². The van der Waals surface area contributed by atoms with Gasteiger partial charge in [0, 0.05) is 6.07 Å². The average Bonchev–Trinajstić information content (AvgIpc) is 2.29. The van der Waals surface area contributed by atoms with Crippen LogP contribution in [0.5, 0.6) is 5.75 Å². The fraction of sp³-hybridized carbons (Fsp3) is 0.600. The van der Waals surface area contributed by atoms with E-state index in [0.717, 1.165) is 30.4 Å². The highest BCUT2D eigenvalue weighted by Crippen LogP contribution is 2.31. The lowest BCUT2D eigenvalue weighted by Crippen LogP contribution is -2.14. The molecule has 3 heteroatoms. The highest BCUT2D eigenvalue weighted by Gasteiger charge is 2.20. The molecule has 0 saturated heterocycles. The van der Waals surface area contributed by atoms with E-state index in [-0.39, 0.29) is 11.2 Å². The summed E-state index contributed by atoms with van der Waals surface area (Å²) in [6.45, 7) is 6.74. The van der Waals surface area contributed by atoms with Crippen LogP contribution in [0.2, 0.25) is 0 Å². The summed E-state index contributed by atoms with van der Waals surface area (Å²) in [5, 5.41) is 0. The van der Waals surface area contributed by atoms with Crippen LogP contribution in [0.25, 0.3) is 0 Å². The summed E-state index contributed by atoms with van der Waals surface area (Å²) in [5.41, 5.74) is 7.11. The third kappa shape index (κ3) is 3.70. The van der Waals surface area contributed by atoms with Crippen LogP contribution < -0.4 is 10.5 Å². The first-order valence-electron chi connectivity index (χ1n) is 6.47. The molecule has 2 N–H and O–H groups in total. The Hall–Kier alpha value is -1.09. The molecule has 0 spiro atoms. The highest BCUT2D eigenvalue weighted by atomic mass is 19.1. The Morgan fingerprint density at radius 2 is 1.89 bits per heavy atom. The minimum absolute atomic E-state index is 0.193. The van der Waals surface area contributed by atoms with Crippen molar-refractivity contribution in [1.82, 2.24) is 0 Å². The molecule has 1 aromatic carbocycles. The Bertz CT molecular complexity index is 396. The number of aryl methyl sites for hydroxylation is 1. The van der Waals surface area contributed by atoms with Gasteiger partial charge in [0.1, 0.15) is 11.6 Å². The molecule has 0 aromatic heterocycles. The van der Waals surface area contributed by atoms with Crippen molar-refractivity contribution >= 4 is 0 Å². The van der Waals surface area contributed by atoms with Crippen molar-refractivity contribution in [3.63, 3.8) is 0 Å². The van der Waals surface area contributed by atoms with E-state index in [1.165, 1.54) is 6.07 Å². The number of methoxy groups -OCH3 is 1. The third-order valence-electron chi connectivity index (χ3n) is 3.08. The fourth-order valence-electron chi connectivity index (χ4n) is 2.02. The zero-order chi connectivity index (χ0) is 13.8. The van der Waals surface area contributed by atoms with Crippen molar-refractivity contribution in [2.24, 2.45) is 5.73 Å². The number of nitrogens with two attached hydrogens (primary N) is 1. The van der Waals surface area contributed by atoms with E-state index in [1.54, 1.807) is 7.11 Å². The number of hydrogen-bond acceptors (Lipinski definition) is 2. The van der Waals surface area contributed by atoms with Crippen LogP contribution in [0.15, 0.2) is 12.1 Å². The minimum Gasteiger partial charge on any atom is -0.496 e.